The SMILES string of the molecule is CCCCCCCCCCCCCCCCCC(=O)[O-].[Cl-].[Cu+2]. The maximum absolute atomic E-state index is 10.2. The number of carboxylic acids is 1. The van der Waals surface area contributed by atoms with Crippen LogP contribution in [0.1, 0.15) is 110 Å². The van der Waals surface area contributed by atoms with Gasteiger partial charge in [-0.3, -0.25) is 0 Å². The van der Waals surface area contributed by atoms with Gasteiger partial charge in [0.25, 0.3) is 0 Å². The quantitative estimate of drug-likeness (QED) is 0.303. The largest absolute Gasteiger partial charge is 2.00 e. The van der Waals surface area contributed by atoms with E-state index < -0.39 is 5.97 Å². The summed E-state index contributed by atoms with van der Waals surface area (Å²) in [6.07, 6.45) is 19.9. The van der Waals surface area contributed by atoms with Gasteiger partial charge in [0.15, 0.2) is 0 Å². The second-order valence-corrected chi connectivity index (χ2v) is 6.07. The number of rotatable bonds is 16. The zero-order valence-electron chi connectivity index (χ0n) is 14.3. The van der Waals surface area contributed by atoms with Crippen LogP contribution in [0.15, 0.2) is 0 Å². The van der Waals surface area contributed by atoms with E-state index in [0.29, 0.717) is 0 Å². The molecule has 137 valence electrons. The van der Waals surface area contributed by atoms with Crippen molar-refractivity contribution in [3.8, 4) is 0 Å². The first kappa shape index (κ1) is 27.1. The van der Waals surface area contributed by atoms with Crippen LogP contribution in [0.3, 0.4) is 0 Å². The Labute approximate surface area is 155 Å². The fourth-order valence-corrected chi connectivity index (χ4v) is 2.64. The van der Waals surface area contributed by atoms with Crippen LogP contribution < -0.4 is 17.5 Å². The van der Waals surface area contributed by atoms with Crippen molar-refractivity contribution in [2.45, 2.75) is 110 Å². The zero-order chi connectivity index (χ0) is 14.9. The summed E-state index contributed by atoms with van der Waals surface area (Å²) in [7, 11) is 0. The minimum atomic E-state index is -0.903. The molecule has 0 amide bonds. The van der Waals surface area contributed by atoms with Crippen molar-refractivity contribution in [3.63, 3.8) is 0 Å². The minimum absolute atomic E-state index is 0. The topological polar surface area (TPSA) is 40.1 Å². The van der Waals surface area contributed by atoms with Gasteiger partial charge in [0.05, 0.1) is 0 Å². The molecule has 0 aliphatic heterocycles. The monoisotopic (exact) mass is 381 g/mol. The molecule has 0 heterocycles. The summed E-state index contributed by atoms with van der Waals surface area (Å²) in [5, 5.41) is 10.2. The summed E-state index contributed by atoms with van der Waals surface area (Å²) in [5.41, 5.74) is 0. The third-order valence-corrected chi connectivity index (χ3v) is 3.98. The number of aliphatic carboxylic acids is 1. The van der Waals surface area contributed by atoms with Crippen molar-refractivity contribution in [1.29, 1.82) is 0 Å². The molecule has 0 aliphatic rings. The van der Waals surface area contributed by atoms with Crippen molar-refractivity contribution in [2.75, 3.05) is 0 Å². The number of halogens is 1. The number of hydrogen-bond acceptors (Lipinski definition) is 2. The first-order valence-electron chi connectivity index (χ1n) is 8.97. The average Bonchev–Trinajstić information content (AvgIpc) is 2.43. The molecule has 1 radical (unpaired) electrons. The van der Waals surface area contributed by atoms with Gasteiger partial charge in [0, 0.05) is 5.97 Å². The number of unbranched alkanes of at least 4 members (excludes halogenated alkanes) is 14. The van der Waals surface area contributed by atoms with Gasteiger partial charge in [-0.2, -0.15) is 0 Å². The van der Waals surface area contributed by atoms with E-state index in [4.69, 9.17) is 0 Å². The van der Waals surface area contributed by atoms with Crippen LogP contribution in [-0.2, 0) is 21.9 Å². The van der Waals surface area contributed by atoms with Crippen molar-refractivity contribution >= 4 is 5.97 Å². The molecule has 0 atom stereocenters. The number of carbonyl (C=O) groups excluding carboxylic acids is 1. The third kappa shape index (κ3) is 25.2. The summed E-state index contributed by atoms with van der Waals surface area (Å²) in [6.45, 7) is 2.27. The molecule has 0 aromatic carbocycles. The van der Waals surface area contributed by atoms with Gasteiger partial charge in [-0.15, -0.1) is 0 Å². The number of carboxylic acid groups (broad SMARTS) is 1. The van der Waals surface area contributed by atoms with E-state index in [2.05, 4.69) is 6.92 Å². The molecule has 4 heteroatoms. The molecule has 0 saturated carbocycles. The molecule has 0 aromatic rings. The van der Waals surface area contributed by atoms with E-state index in [1.165, 1.54) is 83.5 Å². The van der Waals surface area contributed by atoms with E-state index >= 15 is 0 Å². The van der Waals surface area contributed by atoms with Crippen molar-refractivity contribution in [1.82, 2.24) is 0 Å². The second kappa shape index (κ2) is 23.5. The van der Waals surface area contributed by atoms with Crippen molar-refractivity contribution in [3.05, 3.63) is 0 Å². The first-order chi connectivity index (χ1) is 9.77. The Kier molecular flexibility index (Phi) is 29.0. The van der Waals surface area contributed by atoms with Gasteiger partial charge in [-0.05, 0) is 12.8 Å². The third-order valence-electron chi connectivity index (χ3n) is 3.98. The van der Waals surface area contributed by atoms with E-state index in [-0.39, 0.29) is 35.9 Å². The van der Waals surface area contributed by atoms with Crippen LogP contribution in [0.4, 0.5) is 0 Å². The molecule has 0 aromatic heterocycles. The summed E-state index contributed by atoms with van der Waals surface area (Å²) >= 11 is 0. The molecule has 0 bridgehead atoms. The van der Waals surface area contributed by atoms with E-state index in [1.807, 2.05) is 0 Å². The molecule has 22 heavy (non-hydrogen) atoms. The normalized spacial score (nSPS) is 9.86. The van der Waals surface area contributed by atoms with Crippen LogP contribution >= 0.6 is 0 Å². The van der Waals surface area contributed by atoms with E-state index in [1.54, 1.807) is 0 Å². The maximum Gasteiger partial charge on any atom is 2.00 e. The van der Waals surface area contributed by atoms with Crippen LogP contribution in [0, 0.1) is 0 Å². The molecule has 0 N–H and O–H groups in total. The fraction of sp³-hybridized carbons (Fsp3) is 0.944. The molecular formula is C18H35ClCuO2. The maximum atomic E-state index is 10.2. The molecule has 0 rings (SSSR count). The van der Waals surface area contributed by atoms with Gasteiger partial charge in [0.2, 0.25) is 0 Å². The molecule has 0 unspecified atom stereocenters. The van der Waals surface area contributed by atoms with Crippen LogP contribution in [-0.4, -0.2) is 5.97 Å². The Hall–Kier alpha value is 0.279. The second-order valence-electron chi connectivity index (χ2n) is 6.07. The summed E-state index contributed by atoms with van der Waals surface area (Å²) in [5.74, 6) is -0.903. The molecule has 0 fully saturated rings. The predicted octanol–water partition coefficient (Wildman–Crippen LogP) is 2.00. The first-order valence-corrected chi connectivity index (χ1v) is 8.97. The summed E-state index contributed by atoms with van der Waals surface area (Å²) < 4.78 is 0. The van der Waals surface area contributed by atoms with Crippen molar-refractivity contribution in [2.24, 2.45) is 0 Å². The van der Waals surface area contributed by atoms with Crippen LogP contribution in [0.5, 0.6) is 0 Å². The molecule has 0 saturated heterocycles. The van der Waals surface area contributed by atoms with E-state index in [0.717, 1.165) is 12.8 Å². The summed E-state index contributed by atoms with van der Waals surface area (Å²) in [6, 6.07) is 0. The molecule has 0 aliphatic carbocycles. The standard InChI is InChI=1S/C18H36O2.ClH.Cu/c1-2-3-4-5-6-7-8-9-10-11-12-13-14-15-16-17-18(19)20;;/h2-17H2,1H3,(H,19,20);1H;/q;;+2/p-2. The predicted molar refractivity (Wildman–Crippen MR) is 84.6 cm³/mol. The Bertz CT molecular complexity index is 213. The van der Waals surface area contributed by atoms with Gasteiger partial charge in [-0.25, -0.2) is 0 Å². The van der Waals surface area contributed by atoms with Gasteiger partial charge in [0.1, 0.15) is 0 Å². The molecule has 2 nitrogen and oxygen atoms in total. The van der Waals surface area contributed by atoms with E-state index in [9.17, 15) is 9.90 Å². The fourth-order valence-electron chi connectivity index (χ4n) is 2.64. The minimum Gasteiger partial charge on any atom is -1.00 e. The summed E-state index contributed by atoms with van der Waals surface area (Å²) in [4.78, 5) is 10.2. The van der Waals surface area contributed by atoms with Gasteiger partial charge >= 0.3 is 17.1 Å². The molecule has 0 spiro atoms. The Morgan fingerprint density at radius 2 is 0.909 bits per heavy atom. The van der Waals surface area contributed by atoms with Crippen LogP contribution in [0.2, 0.25) is 0 Å². The number of hydrogen-bond donors (Lipinski definition) is 0. The number of carbonyl (C=O) groups is 1. The average molecular weight is 382 g/mol. The van der Waals surface area contributed by atoms with Gasteiger partial charge in [-0.1, -0.05) is 96.8 Å². The van der Waals surface area contributed by atoms with Crippen LogP contribution in [0.25, 0.3) is 0 Å². The molecular weight excluding hydrogens is 347 g/mol. The smallest absolute Gasteiger partial charge is 1.00 e. The van der Waals surface area contributed by atoms with Crippen molar-refractivity contribution < 1.29 is 39.4 Å². The Morgan fingerprint density at radius 1 is 0.636 bits per heavy atom. The zero-order valence-corrected chi connectivity index (χ0v) is 16.0. The Balaban J connectivity index is -0.00000180. The van der Waals surface area contributed by atoms with Gasteiger partial charge < -0.3 is 22.3 Å². The Morgan fingerprint density at radius 3 is 1.18 bits per heavy atom.